The Balaban J connectivity index is 4.12. The summed E-state index contributed by atoms with van der Waals surface area (Å²) in [7, 11) is 5.48. The fourth-order valence-electron chi connectivity index (χ4n) is 0.768. The molecule has 0 N–H and O–H groups in total. The Labute approximate surface area is 71.5 Å². The van der Waals surface area contributed by atoms with E-state index in [9.17, 15) is 4.79 Å². The summed E-state index contributed by atoms with van der Waals surface area (Å²) in [5.74, 6) is -0.398. The molecule has 0 heterocycles. The minimum Gasteiger partial charge on any atom is -0.349 e. The van der Waals surface area contributed by atoms with Crippen LogP contribution in [0.1, 0.15) is 0 Å². The standard InChI is InChI=1S/C7H14O5/c1-9-6(10-2)5(8)7(11-3)12-4/h6-7H,1-4H3. The highest BCUT2D eigenvalue weighted by molar-refractivity contribution is 5.85. The van der Waals surface area contributed by atoms with Gasteiger partial charge in [0.15, 0.2) is 0 Å². The summed E-state index contributed by atoms with van der Waals surface area (Å²) in [4.78, 5) is 11.3. The number of hydrogen-bond donors (Lipinski definition) is 0. The van der Waals surface area contributed by atoms with E-state index < -0.39 is 18.4 Å². The van der Waals surface area contributed by atoms with Gasteiger partial charge in [-0.15, -0.1) is 0 Å². The lowest BCUT2D eigenvalue weighted by Gasteiger charge is -2.17. The summed E-state index contributed by atoms with van der Waals surface area (Å²) < 4.78 is 18.9. The van der Waals surface area contributed by atoms with Gasteiger partial charge in [-0.05, 0) is 0 Å². The van der Waals surface area contributed by atoms with Gasteiger partial charge in [0.2, 0.25) is 18.4 Å². The SMILES string of the molecule is COC(OC)C(=O)C(OC)OC. The van der Waals surface area contributed by atoms with E-state index in [4.69, 9.17) is 18.9 Å². The molecule has 0 aliphatic carbocycles. The Hall–Kier alpha value is -0.490. The zero-order valence-corrected chi connectivity index (χ0v) is 7.70. The molecule has 0 fully saturated rings. The first-order valence-electron chi connectivity index (χ1n) is 3.36. The van der Waals surface area contributed by atoms with E-state index in [0.717, 1.165) is 0 Å². The number of carbonyl (C=O) groups excluding carboxylic acids is 1. The topological polar surface area (TPSA) is 54.0 Å². The molecule has 0 spiro atoms. The summed E-state index contributed by atoms with van der Waals surface area (Å²) in [5, 5.41) is 0. The maximum atomic E-state index is 11.3. The summed E-state index contributed by atoms with van der Waals surface area (Å²) in [6.07, 6.45) is -1.87. The Kier molecular flexibility index (Phi) is 5.83. The van der Waals surface area contributed by atoms with Crippen molar-refractivity contribution >= 4 is 5.78 Å². The molecule has 0 amide bonds. The molecule has 0 radical (unpaired) electrons. The first-order chi connectivity index (χ1) is 5.71. The normalized spacial score (nSPS) is 11.2. The molecular formula is C7H14O5. The molecule has 0 bridgehead atoms. The van der Waals surface area contributed by atoms with E-state index in [2.05, 4.69) is 0 Å². The molecule has 0 rings (SSSR count). The molecule has 0 aromatic rings. The van der Waals surface area contributed by atoms with Crippen LogP contribution in [-0.2, 0) is 23.7 Å². The van der Waals surface area contributed by atoms with E-state index >= 15 is 0 Å². The number of rotatable bonds is 6. The second-order valence-corrected chi connectivity index (χ2v) is 2.01. The van der Waals surface area contributed by atoms with Gasteiger partial charge in [0.05, 0.1) is 0 Å². The second kappa shape index (κ2) is 6.07. The quantitative estimate of drug-likeness (QED) is 0.527. The zero-order chi connectivity index (χ0) is 9.56. The zero-order valence-electron chi connectivity index (χ0n) is 7.70. The van der Waals surface area contributed by atoms with Crippen molar-refractivity contribution in [3.8, 4) is 0 Å². The number of hydrogen-bond acceptors (Lipinski definition) is 5. The lowest BCUT2D eigenvalue weighted by atomic mass is 10.3. The predicted octanol–water partition coefficient (Wildman–Crippen LogP) is -0.207. The van der Waals surface area contributed by atoms with E-state index in [1.54, 1.807) is 0 Å². The van der Waals surface area contributed by atoms with Crippen molar-refractivity contribution in [3.05, 3.63) is 0 Å². The van der Waals surface area contributed by atoms with Gasteiger partial charge in [0, 0.05) is 28.4 Å². The smallest absolute Gasteiger partial charge is 0.244 e. The molecule has 0 aromatic heterocycles. The second-order valence-electron chi connectivity index (χ2n) is 2.01. The summed E-state index contributed by atoms with van der Waals surface area (Å²) in [6, 6.07) is 0. The summed E-state index contributed by atoms with van der Waals surface area (Å²) >= 11 is 0. The highest BCUT2D eigenvalue weighted by Gasteiger charge is 2.26. The third-order valence-electron chi connectivity index (χ3n) is 1.32. The van der Waals surface area contributed by atoms with Crippen molar-refractivity contribution in [3.63, 3.8) is 0 Å². The van der Waals surface area contributed by atoms with E-state index in [-0.39, 0.29) is 0 Å². The van der Waals surface area contributed by atoms with Crippen molar-refractivity contribution in [2.45, 2.75) is 12.6 Å². The maximum Gasteiger partial charge on any atom is 0.244 e. The number of ether oxygens (including phenoxy) is 4. The van der Waals surface area contributed by atoms with Gasteiger partial charge in [0.1, 0.15) is 0 Å². The van der Waals surface area contributed by atoms with Crippen LogP contribution < -0.4 is 0 Å². The van der Waals surface area contributed by atoms with Gasteiger partial charge in [-0.3, -0.25) is 4.79 Å². The van der Waals surface area contributed by atoms with Crippen molar-refractivity contribution < 1.29 is 23.7 Å². The monoisotopic (exact) mass is 178 g/mol. The molecule has 0 atom stereocenters. The van der Waals surface area contributed by atoms with Crippen molar-refractivity contribution in [2.75, 3.05) is 28.4 Å². The van der Waals surface area contributed by atoms with Gasteiger partial charge in [-0.1, -0.05) is 0 Å². The largest absolute Gasteiger partial charge is 0.349 e. The Bertz CT molecular complexity index is 114. The first kappa shape index (κ1) is 11.5. The van der Waals surface area contributed by atoms with Gasteiger partial charge in [-0.2, -0.15) is 0 Å². The molecule has 0 saturated carbocycles. The first-order valence-corrected chi connectivity index (χ1v) is 3.36. The minimum atomic E-state index is -0.935. The molecule has 0 unspecified atom stereocenters. The molecule has 5 heteroatoms. The van der Waals surface area contributed by atoms with Gasteiger partial charge < -0.3 is 18.9 Å². The fourth-order valence-corrected chi connectivity index (χ4v) is 0.768. The number of Topliss-reactive ketones (excluding diaryl/α,β-unsaturated/α-hetero) is 1. The van der Waals surface area contributed by atoms with Crippen LogP contribution in [0.15, 0.2) is 0 Å². The van der Waals surface area contributed by atoms with Crippen LogP contribution in [0.25, 0.3) is 0 Å². The van der Waals surface area contributed by atoms with E-state index in [1.807, 2.05) is 0 Å². The number of carbonyl (C=O) groups is 1. The Morgan fingerprint density at radius 3 is 1.25 bits per heavy atom. The lowest BCUT2D eigenvalue weighted by molar-refractivity contribution is -0.189. The van der Waals surface area contributed by atoms with Crippen molar-refractivity contribution in [1.82, 2.24) is 0 Å². The third-order valence-corrected chi connectivity index (χ3v) is 1.32. The van der Waals surface area contributed by atoms with Crippen LogP contribution in [0.3, 0.4) is 0 Å². The van der Waals surface area contributed by atoms with E-state index in [0.29, 0.717) is 0 Å². The molecule has 12 heavy (non-hydrogen) atoms. The predicted molar refractivity (Wildman–Crippen MR) is 40.6 cm³/mol. The van der Waals surface area contributed by atoms with Crippen LogP contribution in [-0.4, -0.2) is 46.8 Å². The molecular weight excluding hydrogens is 164 g/mol. The fraction of sp³-hybridized carbons (Fsp3) is 0.857. The average Bonchev–Trinajstić information content (AvgIpc) is 2.09. The van der Waals surface area contributed by atoms with Crippen LogP contribution >= 0.6 is 0 Å². The molecule has 5 nitrogen and oxygen atoms in total. The van der Waals surface area contributed by atoms with Crippen molar-refractivity contribution in [1.29, 1.82) is 0 Å². The van der Waals surface area contributed by atoms with Crippen molar-refractivity contribution in [2.24, 2.45) is 0 Å². The average molecular weight is 178 g/mol. The molecule has 0 aliphatic rings. The molecule has 0 aliphatic heterocycles. The van der Waals surface area contributed by atoms with Crippen LogP contribution in [0.2, 0.25) is 0 Å². The summed E-state index contributed by atoms with van der Waals surface area (Å²) in [5.41, 5.74) is 0. The molecule has 0 saturated heterocycles. The van der Waals surface area contributed by atoms with Gasteiger partial charge in [0.25, 0.3) is 0 Å². The van der Waals surface area contributed by atoms with E-state index in [1.165, 1.54) is 28.4 Å². The third kappa shape index (κ3) is 2.86. The highest BCUT2D eigenvalue weighted by atomic mass is 16.7. The van der Waals surface area contributed by atoms with Crippen LogP contribution in [0.5, 0.6) is 0 Å². The van der Waals surface area contributed by atoms with Gasteiger partial charge in [-0.25, -0.2) is 0 Å². The minimum absolute atomic E-state index is 0.398. The molecule has 0 aromatic carbocycles. The number of ketones is 1. The Morgan fingerprint density at radius 1 is 0.833 bits per heavy atom. The maximum absolute atomic E-state index is 11.3. The Morgan fingerprint density at radius 2 is 1.08 bits per heavy atom. The highest BCUT2D eigenvalue weighted by Crippen LogP contribution is 2.01. The number of methoxy groups -OCH3 is 4. The molecule has 72 valence electrons. The lowest BCUT2D eigenvalue weighted by Crippen LogP contribution is -2.37. The van der Waals surface area contributed by atoms with Gasteiger partial charge >= 0.3 is 0 Å². The van der Waals surface area contributed by atoms with Crippen LogP contribution in [0, 0.1) is 0 Å². The summed E-state index contributed by atoms with van der Waals surface area (Å²) in [6.45, 7) is 0. The van der Waals surface area contributed by atoms with Crippen LogP contribution in [0.4, 0.5) is 0 Å².